The van der Waals surface area contributed by atoms with Crippen LogP contribution in [-0.2, 0) is 9.59 Å². The van der Waals surface area contributed by atoms with Crippen LogP contribution in [0.1, 0.15) is 67.7 Å². The van der Waals surface area contributed by atoms with Gasteiger partial charge in [-0.2, -0.15) is 0 Å². The summed E-state index contributed by atoms with van der Waals surface area (Å²) in [5.74, 6) is 0.424. The molecular formula is C17H34N2O4. The van der Waals surface area contributed by atoms with E-state index in [2.05, 4.69) is 38.3 Å². The van der Waals surface area contributed by atoms with Crippen molar-refractivity contribution >= 4 is 12.4 Å². The first-order valence-corrected chi connectivity index (χ1v) is 8.11. The average Bonchev–Trinajstić information content (AvgIpc) is 2.23. The molecule has 136 valence electrons. The van der Waals surface area contributed by atoms with Gasteiger partial charge in [-0.15, -0.1) is 0 Å². The quantitative estimate of drug-likeness (QED) is 0.590. The Bertz CT molecular complexity index is 384. The first-order valence-electron chi connectivity index (χ1n) is 8.11. The fraction of sp³-hybridized carbons (Fsp3) is 0.882. The molecule has 1 saturated heterocycles. The molecule has 0 aromatic heterocycles. The van der Waals surface area contributed by atoms with Crippen molar-refractivity contribution in [2.45, 2.75) is 90.4 Å². The highest BCUT2D eigenvalue weighted by Gasteiger charge is 2.38. The van der Waals surface area contributed by atoms with Crippen LogP contribution in [0, 0.1) is 5.92 Å². The van der Waals surface area contributed by atoms with Crippen LogP contribution in [0.15, 0.2) is 0 Å². The molecule has 0 aromatic rings. The molecule has 1 aliphatic rings. The van der Waals surface area contributed by atoms with Gasteiger partial charge in [-0.3, -0.25) is 9.59 Å². The lowest BCUT2D eigenvalue weighted by Crippen LogP contribution is -2.58. The first kappa shape index (κ1) is 21.9. The maximum absolute atomic E-state index is 12.1. The van der Waals surface area contributed by atoms with E-state index in [9.17, 15) is 9.90 Å². The SMILES string of the molecule is CC(NC(=O)CC1CC(C)(C)NC(C)(C)C1)C(C)(C)O.O=CO. The number of rotatable bonds is 4. The van der Waals surface area contributed by atoms with E-state index in [1.165, 1.54) is 0 Å². The van der Waals surface area contributed by atoms with Gasteiger partial charge >= 0.3 is 0 Å². The molecular weight excluding hydrogens is 296 g/mol. The van der Waals surface area contributed by atoms with Gasteiger partial charge in [0, 0.05) is 17.5 Å². The Morgan fingerprint density at radius 2 is 1.70 bits per heavy atom. The number of piperidine rings is 1. The third-order valence-electron chi connectivity index (χ3n) is 4.19. The second-order valence-electron chi connectivity index (χ2n) is 8.42. The van der Waals surface area contributed by atoms with E-state index < -0.39 is 5.60 Å². The standard InChI is InChI=1S/C16H32N2O2.CH2O2/c1-11(16(6,7)20)17-13(19)8-12-9-14(2,3)18-15(4,5)10-12;2-1-3/h11-12,18,20H,8-10H2,1-7H3,(H,17,19);1H,(H,2,3). The molecule has 0 bridgehead atoms. The zero-order valence-corrected chi connectivity index (χ0v) is 15.6. The normalized spacial score (nSPS) is 21.6. The summed E-state index contributed by atoms with van der Waals surface area (Å²) < 4.78 is 0. The molecule has 0 aliphatic carbocycles. The van der Waals surface area contributed by atoms with E-state index in [0.717, 1.165) is 12.8 Å². The van der Waals surface area contributed by atoms with Crippen LogP contribution in [0.5, 0.6) is 0 Å². The number of carbonyl (C=O) groups is 2. The zero-order valence-electron chi connectivity index (χ0n) is 15.6. The second-order valence-corrected chi connectivity index (χ2v) is 8.42. The molecule has 0 aromatic carbocycles. The van der Waals surface area contributed by atoms with Crippen molar-refractivity contribution < 1.29 is 19.8 Å². The lowest BCUT2D eigenvalue weighted by atomic mass is 9.74. The highest BCUT2D eigenvalue weighted by Crippen LogP contribution is 2.34. The summed E-state index contributed by atoms with van der Waals surface area (Å²) in [6, 6.07) is -0.238. The van der Waals surface area contributed by atoms with E-state index in [1.54, 1.807) is 13.8 Å². The summed E-state index contributed by atoms with van der Waals surface area (Å²) in [6.45, 7) is 13.8. The van der Waals surface area contributed by atoms with Crippen LogP contribution in [0.3, 0.4) is 0 Å². The lowest BCUT2D eigenvalue weighted by Gasteiger charge is -2.46. The third-order valence-corrected chi connectivity index (χ3v) is 4.19. The molecule has 1 atom stereocenters. The Balaban J connectivity index is 0.00000149. The van der Waals surface area contributed by atoms with Crippen molar-refractivity contribution in [1.29, 1.82) is 0 Å². The molecule has 0 spiro atoms. The van der Waals surface area contributed by atoms with E-state index in [0.29, 0.717) is 12.3 Å². The monoisotopic (exact) mass is 330 g/mol. The van der Waals surface area contributed by atoms with E-state index in [1.807, 2.05) is 6.92 Å². The topological polar surface area (TPSA) is 98.7 Å². The minimum Gasteiger partial charge on any atom is -0.483 e. The summed E-state index contributed by atoms with van der Waals surface area (Å²) in [5.41, 5.74) is -0.758. The van der Waals surface area contributed by atoms with Crippen LogP contribution in [0.25, 0.3) is 0 Å². The van der Waals surface area contributed by atoms with E-state index >= 15 is 0 Å². The second kappa shape index (κ2) is 8.11. The van der Waals surface area contributed by atoms with Crippen LogP contribution in [-0.4, -0.2) is 45.3 Å². The van der Waals surface area contributed by atoms with Crippen molar-refractivity contribution in [1.82, 2.24) is 10.6 Å². The summed E-state index contributed by atoms with van der Waals surface area (Å²) in [4.78, 5) is 20.5. The molecule has 0 saturated carbocycles. The molecule has 1 heterocycles. The van der Waals surface area contributed by atoms with Gasteiger partial charge < -0.3 is 20.8 Å². The maximum Gasteiger partial charge on any atom is 0.290 e. The summed E-state index contributed by atoms with van der Waals surface area (Å²) in [7, 11) is 0. The number of carbonyl (C=O) groups excluding carboxylic acids is 1. The number of nitrogens with one attached hydrogen (secondary N) is 2. The molecule has 0 radical (unpaired) electrons. The highest BCUT2D eigenvalue weighted by molar-refractivity contribution is 5.76. The van der Waals surface area contributed by atoms with Gasteiger partial charge in [0.15, 0.2) is 0 Å². The molecule has 1 amide bonds. The van der Waals surface area contributed by atoms with Gasteiger partial charge in [-0.25, -0.2) is 0 Å². The first-order chi connectivity index (χ1) is 10.2. The Morgan fingerprint density at radius 1 is 1.30 bits per heavy atom. The number of carboxylic acid groups (broad SMARTS) is 1. The van der Waals surface area contributed by atoms with Gasteiger partial charge in [0.05, 0.1) is 11.6 Å². The molecule has 1 rings (SSSR count). The van der Waals surface area contributed by atoms with Gasteiger partial charge in [-0.05, 0) is 67.2 Å². The summed E-state index contributed by atoms with van der Waals surface area (Å²) in [6.07, 6.45) is 2.54. The van der Waals surface area contributed by atoms with Gasteiger partial charge in [0.25, 0.3) is 6.47 Å². The van der Waals surface area contributed by atoms with Crippen molar-refractivity contribution in [2.24, 2.45) is 5.92 Å². The lowest BCUT2D eigenvalue weighted by molar-refractivity contribution is -0.125. The molecule has 23 heavy (non-hydrogen) atoms. The zero-order chi connectivity index (χ0) is 18.5. The number of hydrogen-bond acceptors (Lipinski definition) is 4. The van der Waals surface area contributed by atoms with Gasteiger partial charge in [0.1, 0.15) is 0 Å². The Labute approximate surface area is 140 Å². The highest BCUT2D eigenvalue weighted by atomic mass is 16.3. The van der Waals surface area contributed by atoms with Crippen molar-refractivity contribution in [2.75, 3.05) is 0 Å². The Hall–Kier alpha value is -1.14. The van der Waals surface area contributed by atoms with Crippen LogP contribution in [0.2, 0.25) is 0 Å². The Kier molecular flexibility index (Phi) is 7.70. The fourth-order valence-electron chi connectivity index (χ4n) is 3.42. The van der Waals surface area contributed by atoms with E-state index in [4.69, 9.17) is 9.90 Å². The predicted molar refractivity (Wildman–Crippen MR) is 91.2 cm³/mol. The average molecular weight is 330 g/mol. The molecule has 4 N–H and O–H groups in total. The number of aliphatic hydroxyl groups is 1. The minimum absolute atomic E-state index is 0.0399. The van der Waals surface area contributed by atoms with Crippen molar-refractivity contribution in [3.05, 3.63) is 0 Å². The van der Waals surface area contributed by atoms with Crippen molar-refractivity contribution in [3.8, 4) is 0 Å². The Morgan fingerprint density at radius 3 is 2.04 bits per heavy atom. The predicted octanol–water partition coefficient (Wildman–Crippen LogP) is 1.91. The molecule has 6 heteroatoms. The third kappa shape index (κ3) is 8.91. The number of hydrogen-bond donors (Lipinski definition) is 4. The maximum atomic E-state index is 12.1. The molecule has 1 unspecified atom stereocenters. The smallest absolute Gasteiger partial charge is 0.290 e. The molecule has 1 fully saturated rings. The summed E-state index contributed by atoms with van der Waals surface area (Å²) in [5, 5.41) is 23.3. The van der Waals surface area contributed by atoms with Crippen molar-refractivity contribution in [3.63, 3.8) is 0 Å². The van der Waals surface area contributed by atoms with Crippen LogP contribution < -0.4 is 10.6 Å². The molecule has 1 aliphatic heterocycles. The minimum atomic E-state index is -0.887. The van der Waals surface area contributed by atoms with Crippen LogP contribution in [0.4, 0.5) is 0 Å². The van der Waals surface area contributed by atoms with Gasteiger partial charge in [0.2, 0.25) is 5.91 Å². The molecule has 6 nitrogen and oxygen atoms in total. The fourth-order valence-corrected chi connectivity index (χ4v) is 3.42. The van der Waals surface area contributed by atoms with Gasteiger partial charge in [-0.1, -0.05) is 0 Å². The number of amides is 1. The largest absolute Gasteiger partial charge is 0.483 e. The summed E-state index contributed by atoms with van der Waals surface area (Å²) >= 11 is 0. The van der Waals surface area contributed by atoms with Crippen LogP contribution >= 0.6 is 0 Å². The van der Waals surface area contributed by atoms with E-state index in [-0.39, 0.29) is 29.5 Å².